The van der Waals surface area contributed by atoms with Crippen LogP contribution in [0, 0.1) is 0 Å². The highest BCUT2D eigenvalue weighted by Gasteiger charge is 2.25. The molecule has 0 aromatic heterocycles. The lowest BCUT2D eigenvalue weighted by atomic mass is 10.1. The van der Waals surface area contributed by atoms with Gasteiger partial charge in [-0.15, -0.1) is 0 Å². The molecule has 0 heterocycles. The monoisotopic (exact) mass is 328 g/mol. The highest BCUT2D eigenvalue weighted by Crippen LogP contribution is 2.09. The van der Waals surface area contributed by atoms with Gasteiger partial charge in [-0.05, 0) is 11.1 Å². The maximum atomic E-state index is 10.7. The molecule has 0 aliphatic rings. The molecule has 0 bridgehead atoms. The van der Waals surface area contributed by atoms with E-state index in [4.69, 9.17) is 10.2 Å². The standard InChI is InChI=1S/C18H20O4Si/c1-23(2,15-7-3-13(4-8-15)11-17(19)20)16-9-5-14(6-10-16)12-18(21)22/h3-10H,11-12H2,1-2H3,(H,19,20)(H,21,22). The zero-order valence-corrected chi connectivity index (χ0v) is 14.2. The van der Waals surface area contributed by atoms with Crippen LogP contribution in [0.25, 0.3) is 0 Å². The van der Waals surface area contributed by atoms with Crippen molar-refractivity contribution in [1.29, 1.82) is 0 Å². The number of hydrogen-bond donors (Lipinski definition) is 2. The molecular weight excluding hydrogens is 308 g/mol. The molecule has 0 unspecified atom stereocenters. The van der Waals surface area contributed by atoms with Crippen LogP contribution in [0.15, 0.2) is 48.5 Å². The van der Waals surface area contributed by atoms with Gasteiger partial charge >= 0.3 is 11.9 Å². The summed E-state index contributed by atoms with van der Waals surface area (Å²) in [5.74, 6) is -1.66. The summed E-state index contributed by atoms with van der Waals surface area (Å²) in [5.41, 5.74) is 1.59. The van der Waals surface area contributed by atoms with Gasteiger partial charge in [0.1, 0.15) is 8.07 Å². The van der Waals surface area contributed by atoms with E-state index in [1.54, 1.807) is 0 Å². The predicted molar refractivity (Wildman–Crippen MR) is 92.3 cm³/mol. The van der Waals surface area contributed by atoms with Gasteiger partial charge in [-0.3, -0.25) is 9.59 Å². The zero-order chi connectivity index (χ0) is 17.0. The highest BCUT2D eigenvalue weighted by molar-refractivity contribution is 7.00. The lowest BCUT2D eigenvalue weighted by molar-refractivity contribution is -0.137. The number of carboxylic acids is 2. The summed E-state index contributed by atoms with van der Waals surface area (Å²) in [5, 5.41) is 20.1. The van der Waals surface area contributed by atoms with Gasteiger partial charge in [-0.25, -0.2) is 0 Å². The van der Waals surface area contributed by atoms with Crippen LogP contribution in [0.3, 0.4) is 0 Å². The number of hydrogen-bond acceptors (Lipinski definition) is 2. The van der Waals surface area contributed by atoms with Gasteiger partial charge < -0.3 is 10.2 Å². The van der Waals surface area contributed by atoms with Crippen LogP contribution >= 0.6 is 0 Å². The van der Waals surface area contributed by atoms with E-state index in [0.717, 1.165) is 11.1 Å². The van der Waals surface area contributed by atoms with Crippen LogP contribution in [0.1, 0.15) is 11.1 Å². The summed E-state index contributed by atoms with van der Waals surface area (Å²) >= 11 is 0. The Morgan fingerprint density at radius 2 is 1.04 bits per heavy atom. The van der Waals surface area contributed by atoms with Crippen molar-refractivity contribution < 1.29 is 19.8 Å². The van der Waals surface area contributed by atoms with Crippen molar-refractivity contribution in [2.75, 3.05) is 0 Å². The van der Waals surface area contributed by atoms with Crippen molar-refractivity contribution in [3.63, 3.8) is 0 Å². The maximum absolute atomic E-state index is 10.7. The molecule has 0 atom stereocenters. The van der Waals surface area contributed by atoms with Gasteiger partial charge in [-0.2, -0.15) is 0 Å². The molecule has 0 amide bonds. The third-order valence-electron chi connectivity index (χ3n) is 4.06. The van der Waals surface area contributed by atoms with Crippen LogP contribution in [-0.4, -0.2) is 30.2 Å². The van der Waals surface area contributed by atoms with Gasteiger partial charge in [0.2, 0.25) is 0 Å². The van der Waals surface area contributed by atoms with Crippen LogP contribution in [0.5, 0.6) is 0 Å². The Bertz CT molecular complexity index is 641. The first-order valence-corrected chi connectivity index (χ1v) is 10.4. The zero-order valence-electron chi connectivity index (χ0n) is 13.2. The molecule has 0 aliphatic heterocycles. The summed E-state index contributed by atoms with van der Waals surface area (Å²) in [6, 6.07) is 15.5. The average molecular weight is 328 g/mol. The molecule has 120 valence electrons. The quantitative estimate of drug-likeness (QED) is 0.793. The van der Waals surface area contributed by atoms with Gasteiger partial charge in [0, 0.05) is 0 Å². The van der Waals surface area contributed by atoms with Crippen molar-refractivity contribution in [3.05, 3.63) is 59.7 Å². The number of carboxylic acid groups (broad SMARTS) is 2. The Morgan fingerprint density at radius 1 is 0.739 bits per heavy atom. The normalized spacial score (nSPS) is 11.2. The van der Waals surface area contributed by atoms with Crippen LogP contribution in [0.4, 0.5) is 0 Å². The molecule has 0 spiro atoms. The second kappa shape index (κ2) is 6.79. The molecule has 5 heteroatoms. The fourth-order valence-corrected chi connectivity index (χ4v) is 4.93. The first-order valence-electron chi connectivity index (χ1n) is 7.41. The van der Waals surface area contributed by atoms with E-state index < -0.39 is 20.0 Å². The smallest absolute Gasteiger partial charge is 0.307 e. The SMILES string of the molecule is C[Si](C)(c1ccc(CC(=O)O)cc1)c1ccc(CC(=O)O)cc1. The fourth-order valence-electron chi connectivity index (χ4n) is 2.59. The summed E-state index contributed by atoms with van der Waals surface area (Å²) in [4.78, 5) is 21.5. The summed E-state index contributed by atoms with van der Waals surface area (Å²) in [6.45, 7) is 4.46. The Morgan fingerprint density at radius 3 is 1.30 bits per heavy atom. The van der Waals surface area contributed by atoms with Crippen LogP contribution in [-0.2, 0) is 22.4 Å². The van der Waals surface area contributed by atoms with E-state index in [1.165, 1.54) is 10.4 Å². The van der Waals surface area contributed by atoms with Crippen LogP contribution < -0.4 is 10.4 Å². The first-order chi connectivity index (χ1) is 10.8. The molecule has 2 aromatic carbocycles. The third kappa shape index (κ3) is 4.29. The van der Waals surface area contributed by atoms with Crippen LogP contribution in [0.2, 0.25) is 13.1 Å². The lowest BCUT2D eigenvalue weighted by Crippen LogP contribution is -2.52. The number of aliphatic carboxylic acids is 2. The Labute approximate surface area is 136 Å². The van der Waals surface area contributed by atoms with Crippen molar-refractivity contribution in [1.82, 2.24) is 0 Å². The Kier molecular flexibility index (Phi) is 5.01. The van der Waals surface area contributed by atoms with Gasteiger partial charge in [0.05, 0.1) is 12.8 Å². The summed E-state index contributed by atoms with van der Waals surface area (Å²) < 4.78 is 0. The number of carbonyl (C=O) groups is 2. The molecule has 2 N–H and O–H groups in total. The second-order valence-corrected chi connectivity index (χ2v) is 10.6. The lowest BCUT2D eigenvalue weighted by Gasteiger charge is -2.24. The summed E-state index contributed by atoms with van der Waals surface area (Å²) in [6.07, 6.45) is 0.0678. The number of rotatable bonds is 6. The van der Waals surface area contributed by atoms with Crippen molar-refractivity contribution in [2.24, 2.45) is 0 Å². The fraction of sp³-hybridized carbons (Fsp3) is 0.222. The van der Waals surface area contributed by atoms with E-state index in [9.17, 15) is 9.59 Å². The molecule has 23 heavy (non-hydrogen) atoms. The first kappa shape index (κ1) is 17.0. The van der Waals surface area contributed by atoms with Crippen molar-refractivity contribution >= 4 is 30.4 Å². The van der Waals surface area contributed by atoms with E-state index >= 15 is 0 Å². The molecule has 0 aliphatic carbocycles. The van der Waals surface area contributed by atoms with Crippen molar-refractivity contribution in [3.8, 4) is 0 Å². The Balaban J connectivity index is 2.23. The molecule has 0 saturated heterocycles. The second-order valence-electron chi connectivity index (χ2n) is 6.16. The molecule has 0 radical (unpaired) electrons. The Hall–Kier alpha value is -2.40. The van der Waals surface area contributed by atoms with Crippen molar-refractivity contribution in [2.45, 2.75) is 25.9 Å². The predicted octanol–water partition coefficient (Wildman–Crippen LogP) is 1.76. The van der Waals surface area contributed by atoms with Gasteiger partial charge in [0.25, 0.3) is 0 Å². The topological polar surface area (TPSA) is 74.6 Å². The molecule has 2 rings (SSSR count). The van der Waals surface area contributed by atoms with E-state index in [2.05, 4.69) is 13.1 Å². The minimum atomic E-state index is -1.88. The molecule has 2 aromatic rings. The molecular formula is C18H20O4Si. The maximum Gasteiger partial charge on any atom is 0.307 e. The average Bonchev–Trinajstić information content (AvgIpc) is 2.47. The molecule has 0 fully saturated rings. The highest BCUT2D eigenvalue weighted by atomic mass is 28.3. The third-order valence-corrected chi connectivity index (χ3v) is 7.62. The van der Waals surface area contributed by atoms with Gasteiger partial charge in [0.15, 0.2) is 0 Å². The van der Waals surface area contributed by atoms with E-state index in [1.807, 2.05) is 48.5 Å². The van der Waals surface area contributed by atoms with E-state index in [0.29, 0.717) is 0 Å². The van der Waals surface area contributed by atoms with E-state index in [-0.39, 0.29) is 12.8 Å². The number of benzene rings is 2. The minimum absolute atomic E-state index is 0.0339. The van der Waals surface area contributed by atoms with Gasteiger partial charge in [-0.1, -0.05) is 72.0 Å². The molecule has 0 saturated carbocycles. The minimum Gasteiger partial charge on any atom is -0.481 e. The largest absolute Gasteiger partial charge is 0.481 e. The summed E-state index contributed by atoms with van der Waals surface area (Å²) in [7, 11) is -1.88. The molecule has 4 nitrogen and oxygen atoms in total.